The summed E-state index contributed by atoms with van der Waals surface area (Å²) in [6.07, 6.45) is 0.314. The van der Waals surface area contributed by atoms with Crippen molar-refractivity contribution >= 4 is 11.8 Å². The highest BCUT2D eigenvalue weighted by Crippen LogP contribution is 2.33. The molecule has 1 aliphatic carbocycles. The first-order chi connectivity index (χ1) is 8.52. The number of fused-ring (bicyclic) bond motifs is 1. The van der Waals surface area contributed by atoms with Crippen molar-refractivity contribution < 1.29 is 19.1 Å². The molecular weight excluding hydrogens is 234 g/mol. The summed E-state index contributed by atoms with van der Waals surface area (Å²) in [5.74, 6) is -0.0356. The molecule has 0 amide bonds. The highest BCUT2D eigenvalue weighted by molar-refractivity contribution is 6.07. The van der Waals surface area contributed by atoms with Gasteiger partial charge in [0.1, 0.15) is 5.75 Å². The molecule has 1 atom stereocenters. The minimum Gasteiger partial charge on any atom is -0.497 e. The zero-order valence-corrected chi connectivity index (χ0v) is 10.6. The first kappa shape index (κ1) is 12.6. The summed E-state index contributed by atoms with van der Waals surface area (Å²) < 4.78 is 10.3. The van der Waals surface area contributed by atoms with Gasteiger partial charge in [0.2, 0.25) is 11.5 Å². The van der Waals surface area contributed by atoms with E-state index >= 15 is 0 Å². The van der Waals surface area contributed by atoms with Crippen LogP contribution in [0.25, 0.3) is 0 Å². The van der Waals surface area contributed by atoms with Crippen LogP contribution in [0.3, 0.4) is 0 Å². The Morgan fingerprint density at radius 3 is 2.72 bits per heavy atom. The first-order valence-corrected chi connectivity index (χ1v) is 5.62. The van der Waals surface area contributed by atoms with Crippen molar-refractivity contribution in [1.29, 1.82) is 0 Å². The van der Waals surface area contributed by atoms with Crippen molar-refractivity contribution in [3.05, 3.63) is 29.3 Å². The van der Waals surface area contributed by atoms with Gasteiger partial charge in [-0.1, -0.05) is 0 Å². The second-order valence-corrected chi connectivity index (χ2v) is 4.20. The molecule has 0 aromatic heterocycles. The van der Waals surface area contributed by atoms with Crippen molar-refractivity contribution in [3.8, 4) is 5.75 Å². The molecule has 0 heterocycles. The molecule has 0 radical (unpaired) electrons. The Kier molecular flexibility index (Phi) is 3.09. The molecule has 96 valence electrons. The number of hydrogen-bond acceptors (Lipinski definition) is 5. The fraction of sp³-hybridized carbons (Fsp3) is 0.385. The maximum atomic E-state index is 12.3. The number of nitrogens with one attached hydrogen (secondary N) is 1. The van der Waals surface area contributed by atoms with Crippen LogP contribution in [-0.4, -0.2) is 31.6 Å². The maximum absolute atomic E-state index is 12.3. The Morgan fingerprint density at radius 1 is 1.44 bits per heavy atom. The number of methoxy groups -OCH3 is 1. The third kappa shape index (κ3) is 1.86. The second-order valence-electron chi connectivity index (χ2n) is 4.20. The quantitative estimate of drug-likeness (QED) is 0.637. The normalized spacial score (nSPS) is 21.6. The standard InChI is InChI=1S/C13H15NO4/c1-8(15)18-13(14-2)7-9-6-10(17-3)4-5-11(9)12(13)16/h4-6,14H,7H2,1-3H3. The van der Waals surface area contributed by atoms with E-state index in [1.54, 1.807) is 32.4 Å². The Morgan fingerprint density at radius 2 is 2.17 bits per heavy atom. The summed E-state index contributed by atoms with van der Waals surface area (Å²) in [7, 11) is 3.17. The fourth-order valence-corrected chi connectivity index (χ4v) is 2.21. The van der Waals surface area contributed by atoms with Crippen LogP contribution in [0.15, 0.2) is 18.2 Å². The van der Waals surface area contributed by atoms with E-state index in [4.69, 9.17) is 9.47 Å². The van der Waals surface area contributed by atoms with Gasteiger partial charge < -0.3 is 9.47 Å². The van der Waals surface area contributed by atoms with Gasteiger partial charge in [-0.2, -0.15) is 0 Å². The molecule has 0 saturated heterocycles. The Hall–Kier alpha value is -1.88. The molecular formula is C13H15NO4. The molecule has 1 aliphatic rings. The summed E-state index contributed by atoms with van der Waals surface area (Å²) in [5, 5.41) is 2.81. The van der Waals surface area contributed by atoms with Gasteiger partial charge in [0.15, 0.2) is 0 Å². The van der Waals surface area contributed by atoms with Crippen LogP contribution in [0.4, 0.5) is 0 Å². The molecule has 0 fully saturated rings. The maximum Gasteiger partial charge on any atom is 0.304 e. The van der Waals surface area contributed by atoms with Crippen LogP contribution in [-0.2, 0) is 16.0 Å². The molecule has 0 aliphatic heterocycles. The average Bonchev–Trinajstić information content (AvgIpc) is 2.62. The van der Waals surface area contributed by atoms with Crippen LogP contribution < -0.4 is 10.1 Å². The van der Waals surface area contributed by atoms with Crippen LogP contribution >= 0.6 is 0 Å². The van der Waals surface area contributed by atoms with E-state index in [2.05, 4.69) is 5.32 Å². The molecule has 18 heavy (non-hydrogen) atoms. The number of carbonyl (C=O) groups is 2. The minimum absolute atomic E-state index is 0.224. The largest absolute Gasteiger partial charge is 0.497 e. The van der Waals surface area contributed by atoms with Gasteiger partial charge in [-0.05, 0) is 30.8 Å². The minimum atomic E-state index is -1.28. The zero-order chi connectivity index (χ0) is 13.3. The number of hydrogen-bond donors (Lipinski definition) is 1. The number of esters is 1. The highest BCUT2D eigenvalue weighted by Gasteiger charge is 2.47. The number of Topliss-reactive ketones (excluding diaryl/α,β-unsaturated/α-hetero) is 1. The number of rotatable bonds is 3. The van der Waals surface area contributed by atoms with E-state index in [0.717, 1.165) is 5.56 Å². The molecule has 0 spiro atoms. The number of ether oxygens (including phenoxy) is 2. The molecule has 1 aromatic rings. The molecule has 0 bridgehead atoms. The summed E-state index contributed by atoms with van der Waals surface area (Å²) in [6, 6.07) is 5.20. The van der Waals surface area contributed by atoms with Gasteiger partial charge in [0.05, 0.1) is 7.11 Å². The van der Waals surface area contributed by atoms with Gasteiger partial charge in [-0.15, -0.1) is 0 Å². The molecule has 0 saturated carbocycles. The lowest BCUT2D eigenvalue weighted by Crippen LogP contribution is -2.52. The van der Waals surface area contributed by atoms with Crippen molar-refractivity contribution in [1.82, 2.24) is 5.32 Å². The second kappa shape index (κ2) is 4.42. The Labute approximate surface area is 105 Å². The lowest BCUT2D eigenvalue weighted by atomic mass is 10.1. The highest BCUT2D eigenvalue weighted by atomic mass is 16.6. The number of carbonyl (C=O) groups excluding carboxylic acids is 2. The number of benzene rings is 1. The van der Waals surface area contributed by atoms with E-state index in [-0.39, 0.29) is 5.78 Å². The lowest BCUT2D eigenvalue weighted by Gasteiger charge is -2.25. The third-order valence-electron chi connectivity index (χ3n) is 3.09. The third-order valence-corrected chi connectivity index (χ3v) is 3.09. The van der Waals surface area contributed by atoms with E-state index in [1.807, 2.05) is 0 Å². The van der Waals surface area contributed by atoms with Gasteiger partial charge in [0.25, 0.3) is 0 Å². The molecule has 2 rings (SSSR count). The topological polar surface area (TPSA) is 64.6 Å². The van der Waals surface area contributed by atoms with E-state index in [0.29, 0.717) is 17.7 Å². The molecule has 5 heteroatoms. The molecule has 1 N–H and O–H groups in total. The van der Waals surface area contributed by atoms with Crippen LogP contribution in [0.1, 0.15) is 22.8 Å². The van der Waals surface area contributed by atoms with Gasteiger partial charge in [-0.25, -0.2) is 0 Å². The van der Waals surface area contributed by atoms with Crippen LogP contribution in [0.5, 0.6) is 5.75 Å². The van der Waals surface area contributed by atoms with Crippen molar-refractivity contribution in [2.45, 2.75) is 19.1 Å². The van der Waals surface area contributed by atoms with Gasteiger partial charge in [-0.3, -0.25) is 14.9 Å². The number of likely N-dealkylation sites (N-methyl/N-ethyl adjacent to an activating group) is 1. The SMILES string of the molecule is CNC1(OC(C)=O)Cc2cc(OC)ccc2C1=O. The summed E-state index contributed by atoms with van der Waals surface area (Å²) in [5.41, 5.74) is 0.0990. The summed E-state index contributed by atoms with van der Waals surface area (Å²) in [6.45, 7) is 1.29. The van der Waals surface area contributed by atoms with Crippen LogP contribution in [0, 0.1) is 0 Å². The average molecular weight is 249 g/mol. The summed E-state index contributed by atoms with van der Waals surface area (Å²) >= 11 is 0. The molecule has 5 nitrogen and oxygen atoms in total. The zero-order valence-electron chi connectivity index (χ0n) is 10.6. The van der Waals surface area contributed by atoms with Crippen molar-refractivity contribution in [2.24, 2.45) is 0 Å². The molecule has 1 unspecified atom stereocenters. The van der Waals surface area contributed by atoms with E-state index in [9.17, 15) is 9.59 Å². The van der Waals surface area contributed by atoms with E-state index < -0.39 is 11.7 Å². The first-order valence-electron chi connectivity index (χ1n) is 5.62. The van der Waals surface area contributed by atoms with Crippen LogP contribution in [0.2, 0.25) is 0 Å². The van der Waals surface area contributed by atoms with E-state index in [1.165, 1.54) is 6.92 Å². The predicted octanol–water partition coefficient (Wildman–Crippen LogP) is 0.913. The molecule has 1 aromatic carbocycles. The Bertz CT molecular complexity index is 512. The summed E-state index contributed by atoms with van der Waals surface area (Å²) in [4.78, 5) is 23.4. The Balaban J connectivity index is 2.41. The van der Waals surface area contributed by atoms with Crippen molar-refractivity contribution in [3.63, 3.8) is 0 Å². The number of ketones is 1. The smallest absolute Gasteiger partial charge is 0.304 e. The van der Waals surface area contributed by atoms with Gasteiger partial charge in [0, 0.05) is 18.9 Å². The van der Waals surface area contributed by atoms with Gasteiger partial charge >= 0.3 is 5.97 Å². The monoisotopic (exact) mass is 249 g/mol. The van der Waals surface area contributed by atoms with Crippen molar-refractivity contribution in [2.75, 3.05) is 14.2 Å². The lowest BCUT2D eigenvalue weighted by molar-refractivity contribution is -0.154. The predicted molar refractivity (Wildman–Crippen MR) is 64.6 cm³/mol. The fourth-order valence-electron chi connectivity index (χ4n) is 2.21.